The minimum absolute atomic E-state index is 0.0683. The molecule has 1 aromatic carbocycles. The van der Waals surface area contributed by atoms with E-state index in [1.54, 1.807) is 0 Å². The van der Waals surface area contributed by atoms with Crippen molar-refractivity contribution in [3.8, 4) is 0 Å². The Labute approximate surface area is 106 Å². The molecule has 0 aliphatic heterocycles. The number of hydrogen-bond acceptors (Lipinski definition) is 1. The lowest BCUT2D eigenvalue weighted by Crippen LogP contribution is -2.45. The third kappa shape index (κ3) is 3.97. The van der Waals surface area contributed by atoms with Crippen LogP contribution in [0.2, 0.25) is 0 Å². The van der Waals surface area contributed by atoms with Crippen molar-refractivity contribution in [2.24, 2.45) is 0 Å². The number of amides is 1. The average molecular weight is 284 g/mol. The number of nitrogens with one attached hydrogen (secondary N) is 1. The van der Waals surface area contributed by atoms with E-state index in [2.05, 4.69) is 21.2 Å². The summed E-state index contributed by atoms with van der Waals surface area (Å²) in [6.07, 6.45) is 0.448. The van der Waals surface area contributed by atoms with E-state index in [1.165, 1.54) is 0 Å². The Bertz CT molecular complexity index is 374. The van der Waals surface area contributed by atoms with Crippen molar-refractivity contribution in [3.63, 3.8) is 0 Å². The zero-order chi connectivity index (χ0) is 12.2. The molecule has 2 nitrogen and oxygen atoms in total. The fourth-order valence-electron chi connectivity index (χ4n) is 1.44. The molecule has 0 saturated carbocycles. The van der Waals surface area contributed by atoms with Gasteiger partial charge in [0, 0.05) is 10.9 Å². The Morgan fingerprint density at radius 3 is 2.56 bits per heavy atom. The molecule has 0 aliphatic rings. The van der Waals surface area contributed by atoms with E-state index >= 15 is 0 Å². The number of halogens is 1. The van der Waals surface area contributed by atoms with E-state index in [0.717, 1.165) is 16.5 Å². The topological polar surface area (TPSA) is 29.1 Å². The van der Waals surface area contributed by atoms with Crippen molar-refractivity contribution in [3.05, 3.63) is 35.4 Å². The Morgan fingerprint density at radius 2 is 2.00 bits per heavy atom. The first kappa shape index (κ1) is 13.2. The lowest BCUT2D eigenvalue weighted by Gasteiger charge is -2.23. The van der Waals surface area contributed by atoms with Crippen LogP contribution in [0, 0.1) is 6.92 Å². The molecule has 1 rings (SSSR count). The van der Waals surface area contributed by atoms with Gasteiger partial charge in [0.2, 0.25) is 5.91 Å². The molecule has 0 atom stereocenters. The van der Waals surface area contributed by atoms with E-state index in [1.807, 2.05) is 45.0 Å². The smallest absolute Gasteiger partial charge is 0.224 e. The van der Waals surface area contributed by atoms with Crippen molar-refractivity contribution < 1.29 is 4.79 Å². The summed E-state index contributed by atoms with van der Waals surface area (Å²) < 4.78 is 0. The molecule has 3 heteroatoms. The Hall–Kier alpha value is -0.830. The lowest BCUT2D eigenvalue weighted by atomic mass is 10.0. The Kier molecular flexibility index (Phi) is 4.54. The SMILES string of the molecule is Cc1ccccc1CC(=O)NC(C)(C)CBr. The number of benzene rings is 1. The number of carbonyl (C=O) groups is 1. The second kappa shape index (κ2) is 5.48. The third-order valence-corrected chi connectivity index (χ3v) is 3.83. The summed E-state index contributed by atoms with van der Waals surface area (Å²) in [4.78, 5) is 11.8. The fraction of sp³-hybridized carbons (Fsp3) is 0.462. The van der Waals surface area contributed by atoms with Gasteiger partial charge in [0.15, 0.2) is 0 Å². The van der Waals surface area contributed by atoms with E-state index < -0.39 is 0 Å². The first-order valence-electron chi connectivity index (χ1n) is 5.36. The molecule has 0 radical (unpaired) electrons. The van der Waals surface area contributed by atoms with Crippen LogP contribution in [0.4, 0.5) is 0 Å². The minimum Gasteiger partial charge on any atom is -0.350 e. The predicted molar refractivity (Wildman–Crippen MR) is 70.9 cm³/mol. The van der Waals surface area contributed by atoms with Gasteiger partial charge in [-0.1, -0.05) is 40.2 Å². The van der Waals surface area contributed by atoms with E-state index in [4.69, 9.17) is 0 Å². The molecule has 16 heavy (non-hydrogen) atoms. The fourth-order valence-corrected chi connectivity index (χ4v) is 1.58. The maximum atomic E-state index is 11.8. The highest BCUT2D eigenvalue weighted by Crippen LogP contribution is 2.10. The highest BCUT2D eigenvalue weighted by molar-refractivity contribution is 9.09. The van der Waals surface area contributed by atoms with Crippen LogP contribution >= 0.6 is 15.9 Å². The van der Waals surface area contributed by atoms with Gasteiger partial charge in [-0.2, -0.15) is 0 Å². The van der Waals surface area contributed by atoms with E-state index in [9.17, 15) is 4.79 Å². The number of aryl methyl sites for hydroxylation is 1. The standard InChI is InChI=1S/C13H18BrNO/c1-10-6-4-5-7-11(10)8-12(16)15-13(2,3)9-14/h4-7H,8-9H2,1-3H3,(H,15,16). The van der Waals surface area contributed by atoms with Crippen molar-refractivity contribution >= 4 is 21.8 Å². The van der Waals surface area contributed by atoms with E-state index in [0.29, 0.717) is 6.42 Å². The van der Waals surface area contributed by atoms with Crippen LogP contribution in [0.25, 0.3) is 0 Å². The summed E-state index contributed by atoms with van der Waals surface area (Å²) in [5, 5.41) is 3.75. The van der Waals surface area contributed by atoms with Gasteiger partial charge in [0.1, 0.15) is 0 Å². The zero-order valence-corrected chi connectivity index (χ0v) is 11.6. The summed E-state index contributed by atoms with van der Waals surface area (Å²) in [5.41, 5.74) is 2.06. The Balaban J connectivity index is 2.62. The Morgan fingerprint density at radius 1 is 1.38 bits per heavy atom. The van der Waals surface area contributed by atoms with Gasteiger partial charge in [-0.05, 0) is 31.9 Å². The molecule has 0 fully saturated rings. The van der Waals surface area contributed by atoms with Crippen LogP contribution in [-0.4, -0.2) is 16.8 Å². The first-order chi connectivity index (χ1) is 7.44. The maximum Gasteiger partial charge on any atom is 0.224 e. The summed E-state index contributed by atoms with van der Waals surface area (Å²) in [7, 11) is 0. The molecule has 1 aromatic rings. The molecular weight excluding hydrogens is 266 g/mol. The van der Waals surface area contributed by atoms with Gasteiger partial charge in [0.05, 0.1) is 6.42 Å². The van der Waals surface area contributed by atoms with Gasteiger partial charge >= 0.3 is 0 Å². The summed E-state index contributed by atoms with van der Waals surface area (Å²) in [6.45, 7) is 6.02. The van der Waals surface area contributed by atoms with Crippen LogP contribution in [0.3, 0.4) is 0 Å². The van der Waals surface area contributed by atoms with Crippen LogP contribution in [-0.2, 0) is 11.2 Å². The summed E-state index contributed by atoms with van der Waals surface area (Å²) in [5.74, 6) is 0.0683. The zero-order valence-electron chi connectivity index (χ0n) is 10.0. The molecule has 1 amide bonds. The molecule has 88 valence electrons. The van der Waals surface area contributed by atoms with Gasteiger partial charge in [0.25, 0.3) is 0 Å². The van der Waals surface area contributed by atoms with Crippen LogP contribution in [0.5, 0.6) is 0 Å². The van der Waals surface area contributed by atoms with Gasteiger partial charge in [-0.3, -0.25) is 4.79 Å². The quantitative estimate of drug-likeness (QED) is 0.846. The number of hydrogen-bond donors (Lipinski definition) is 1. The molecule has 0 spiro atoms. The van der Waals surface area contributed by atoms with Gasteiger partial charge in [-0.15, -0.1) is 0 Å². The molecule has 0 aromatic heterocycles. The van der Waals surface area contributed by atoms with Crippen LogP contribution in [0.15, 0.2) is 24.3 Å². The molecule has 1 N–H and O–H groups in total. The average Bonchev–Trinajstić information content (AvgIpc) is 2.21. The monoisotopic (exact) mass is 283 g/mol. The first-order valence-corrected chi connectivity index (χ1v) is 6.48. The highest BCUT2D eigenvalue weighted by Gasteiger charge is 2.18. The minimum atomic E-state index is -0.195. The largest absolute Gasteiger partial charge is 0.350 e. The molecule has 0 bridgehead atoms. The second-order valence-electron chi connectivity index (χ2n) is 4.67. The molecular formula is C13H18BrNO. The number of alkyl halides is 1. The maximum absolute atomic E-state index is 11.8. The molecule has 0 heterocycles. The highest BCUT2D eigenvalue weighted by atomic mass is 79.9. The number of rotatable bonds is 4. The van der Waals surface area contributed by atoms with Gasteiger partial charge in [-0.25, -0.2) is 0 Å². The number of carbonyl (C=O) groups excluding carboxylic acids is 1. The van der Waals surface area contributed by atoms with Gasteiger partial charge < -0.3 is 5.32 Å². The molecule has 0 saturated heterocycles. The van der Waals surface area contributed by atoms with Crippen molar-refractivity contribution in [2.75, 3.05) is 5.33 Å². The van der Waals surface area contributed by atoms with Crippen molar-refractivity contribution in [2.45, 2.75) is 32.7 Å². The molecule has 0 aliphatic carbocycles. The summed E-state index contributed by atoms with van der Waals surface area (Å²) >= 11 is 3.38. The predicted octanol–water partition coefficient (Wildman–Crippen LogP) is 2.83. The van der Waals surface area contributed by atoms with E-state index in [-0.39, 0.29) is 11.4 Å². The summed E-state index contributed by atoms with van der Waals surface area (Å²) in [6, 6.07) is 7.97. The lowest BCUT2D eigenvalue weighted by molar-refractivity contribution is -0.121. The second-order valence-corrected chi connectivity index (χ2v) is 5.23. The third-order valence-electron chi connectivity index (χ3n) is 2.42. The van der Waals surface area contributed by atoms with Crippen molar-refractivity contribution in [1.29, 1.82) is 0 Å². The van der Waals surface area contributed by atoms with Crippen LogP contribution in [0.1, 0.15) is 25.0 Å². The van der Waals surface area contributed by atoms with Crippen LogP contribution < -0.4 is 5.32 Å². The normalized spacial score (nSPS) is 11.2. The van der Waals surface area contributed by atoms with Crippen molar-refractivity contribution in [1.82, 2.24) is 5.32 Å². The molecule has 0 unspecified atom stereocenters.